The van der Waals surface area contributed by atoms with E-state index in [0.29, 0.717) is 5.02 Å². The van der Waals surface area contributed by atoms with E-state index >= 15 is 0 Å². The Morgan fingerprint density at radius 2 is 1.81 bits per heavy atom. The van der Waals surface area contributed by atoms with Crippen molar-refractivity contribution < 1.29 is 18.0 Å². The lowest BCUT2D eigenvalue weighted by Gasteiger charge is -2.30. The normalized spacial score (nSPS) is 14.8. The van der Waals surface area contributed by atoms with E-state index in [4.69, 9.17) is 23.2 Å². The van der Waals surface area contributed by atoms with E-state index in [1.54, 1.807) is 17.9 Å². The predicted octanol–water partition coefficient (Wildman–Crippen LogP) is 5.32. The quantitative estimate of drug-likeness (QED) is 0.398. The first-order valence-corrected chi connectivity index (χ1v) is 15.1. The molecule has 10 heteroatoms. The Hall–Kier alpha value is -2.29. The third-order valence-electron chi connectivity index (χ3n) is 6.63. The predicted molar refractivity (Wildman–Crippen MR) is 149 cm³/mol. The van der Waals surface area contributed by atoms with Crippen LogP contribution >= 0.6 is 23.2 Å². The molecule has 1 atom stereocenters. The summed E-state index contributed by atoms with van der Waals surface area (Å²) in [4.78, 5) is 28.1. The molecule has 0 heterocycles. The van der Waals surface area contributed by atoms with Crippen molar-refractivity contribution >= 4 is 50.7 Å². The topological polar surface area (TPSA) is 86.8 Å². The second-order valence-corrected chi connectivity index (χ2v) is 12.5. The van der Waals surface area contributed by atoms with Gasteiger partial charge in [-0.15, -0.1) is 0 Å². The van der Waals surface area contributed by atoms with Crippen LogP contribution in [-0.2, 0) is 26.2 Å². The van der Waals surface area contributed by atoms with E-state index in [1.165, 1.54) is 12.1 Å². The fourth-order valence-corrected chi connectivity index (χ4v) is 6.05. The molecule has 1 saturated carbocycles. The van der Waals surface area contributed by atoms with E-state index in [2.05, 4.69) is 5.32 Å². The maximum Gasteiger partial charge on any atom is 0.242 e. The van der Waals surface area contributed by atoms with Crippen molar-refractivity contribution in [3.05, 3.63) is 63.6 Å². The maximum absolute atomic E-state index is 13.4. The zero-order valence-corrected chi connectivity index (χ0v) is 23.9. The Labute approximate surface area is 230 Å². The van der Waals surface area contributed by atoms with Gasteiger partial charge in [0.05, 0.1) is 17.0 Å². The van der Waals surface area contributed by atoms with Crippen molar-refractivity contribution in [1.82, 2.24) is 10.2 Å². The highest BCUT2D eigenvalue weighted by Crippen LogP contribution is 2.31. The molecule has 0 bridgehead atoms. The number of nitrogens with one attached hydrogen (secondary N) is 1. The van der Waals surface area contributed by atoms with Crippen LogP contribution in [-0.4, -0.2) is 50.0 Å². The third kappa shape index (κ3) is 8.35. The van der Waals surface area contributed by atoms with E-state index in [9.17, 15) is 18.0 Å². The number of hydrogen-bond acceptors (Lipinski definition) is 4. The lowest BCUT2D eigenvalue weighted by molar-refractivity contribution is -0.141. The van der Waals surface area contributed by atoms with Crippen LogP contribution in [0.25, 0.3) is 0 Å². The van der Waals surface area contributed by atoms with Crippen LogP contribution in [0, 0.1) is 6.92 Å². The molecule has 1 aliphatic rings. The van der Waals surface area contributed by atoms with E-state index in [1.807, 2.05) is 31.2 Å². The molecule has 1 fully saturated rings. The third-order valence-corrected chi connectivity index (χ3v) is 8.37. The molecular weight excluding hydrogens is 533 g/mol. The van der Waals surface area contributed by atoms with Gasteiger partial charge in [-0.3, -0.25) is 13.9 Å². The lowest BCUT2D eigenvalue weighted by Crippen LogP contribution is -2.49. The van der Waals surface area contributed by atoms with E-state index < -0.39 is 16.1 Å². The van der Waals surface area contributed by atoms with Crippen LogP contribution in [0.4, 0.5) is 5.69 Å². The summed E-state index contributed by atoms with van der Waals surface area (Å²) in [5.41, 5.74) is 2.26. The Bertz CT molecular complexity index is 1220. The van der Waals surface area contributed by atoms with E-state index in [0.717, 1.165) is 47.4 Å². The Balaban J connectivity index is 1.74. The number of hydrogen-bond donors (Lipinski definition) is 1. The van der Waals surface area contributed by atoms with Gasteiger partial charge in [0.2, 0.25) is 21.8 Å². The number of sulfonamides is 1. The average molecular weight is 569 g/mol. The molecule has 2 aromatic carbocycles. The van der Waals surface area contributed by atoms with Crippen LogP contribution in [0.2, 0.25) is 10.0 Å². The number of benzene rings is 2. The molecule has 0 radical (unpaired) electrons. The number of rotatable bonds is 11. The minimum Gasteiger partial charge on any atom is -0.352 e. The average Bonchev–Trinajstić information content (AvgIpc) is 3.34. The Morgan fingerprint density at radius 1 is 1.11 bits per heavy atom. The molecule has 2 amide bonds. The molecule has 202 valence electrons. The molecule has 0 aliphatic heterocycles. The Kier molecular flexibility index (Phi) is 10.3. The molecule has 1 N–H and O–H groups in total. The summed E-state index contributed by atoms with van der Waals surface area (Å²) >= 11 is 12.3. The molecule has 7 nitrogen and oxygen atoms in total. The van der Waals surface area contributed by atoms with Crippen LogP contribution in [0.15, 0.2) is 42.5 Å². The first kappa shape index (κ1) is 29.3. The molecule has 3 rings (SSSR count). The van der Waals surface area contributed by atoms with Gasteiger partial charge in [-0.05, 0) is 56.9 Å². The largest absolute Gasteiger partial charge is 0.352 e. The number of aryl methyl sites for hydroxylation is 1. The number of halogens is 2. The van der Waals surface area contributed by atoms with Crippen molar-refractivity contribution in [2.75, 3.05) is 17.1 Å². The maximum atomic E-state index is 13.4. The first-order valence-electron chi connectivity index (χ1n) is 12.5. The van der Waals surface area contributed by atoms with Gasteiger partial charge in [-0.2, -0.15) is 0 Å². The summed E-state index contributed by atoms with van der Waals surface area (Å²) < 4.78 is 26.2. The molecule has 0 saturated heterocycles. The molecule has 0 spiro atoms. The van der Waals surface area contributed by atoms with Crippen molar-refractivity contribution in [3.8, 4) is 0 Å². The van der Waals surface area contributed by atoms with Gasteiger partial charge in [-0.25, -0.2) is 8.42 Å². The summed E-state index contributed by atoms with van der Waals surface area (Å²) in [6.07, 6.45) is 5.51. The summed E-state index contributed by atoms with van der Waals surface area (Å²) in [6, 6.07) is 11.9. The highest BCUT2D eigenvalue weighted by Gasteiger charge is 2.29. The fourth-order valence-electron chi connectivity index (χ4n) is 4.64. The highest BCUT2D eigenvalue weighted by atomic mass is 35.5. The second-order valence-electron chi connectivity index (χ2n) is 9.71. The SMILES string of the molecule is Cc1cccc(CN(C(=O)CCCN(c2cc(Cl)ccc2Cl)S(C)(=O)=O)C(C)C(=O)NC2CCCC2)c1. The fraction of sp³-hybridized carbons (Fsp3) is 0.481. The molecule has 2 aromatic rings. The van der Waals surface area contributed by atoms with Crippen molar-refractivity contribution in [2.24, 2.45) is 0 Å². The minimum absolute atomic E-state index is 0.0472. The zero-order chi connectivity index (χ0) is 27.2. The van der Waals surface area contributed by atoms with Crippen molar-refractivity contribution in [1.29, 1.82) is 0 Å². The van der Waals surface area contributed by atoms with Gasteiger partial charge in [0.15, 0.2) is 0 Å². The highest BCUT2D eigenvalue weighted by molar-refractivity contribution is 7.92. The number of amides is 2. The number of carbonyl (C=O) groups excluding carboxylic acids is 2. The number of anilines is 1. The van der Waals surface area contributed by atoms with Gasteiger partial charge in [0.25, 0.3) is 0 Å². The summed E-state index contributed by atoms with van der Waals surface area (Å²) in [6.45, 7) is 4.06. The number of carbonyl (C=O) groups is 2. The monoisotopic (exact) mass is 567 g/mol. The molecular formula is C27H35Cl2N3O4S. The first-order chi connectivity index (χ1) is 17.5. The van der Waals surface area contributed by atoms with Gasteiger partial charge in [0.1, 0.15) is 6.04 Å². The van der Waals surface area contributed by atoms with Crippen molar-refractivity contribution in [3.63, 3.8) is 0 Å². The van der Waals surface area contributed by atoms with Gasteiger partial charge >= 0.3 is 0 Å². The van der Waals surface area contributed by atoms with Gasteiger partial charge in [-0.1, -0.05) is 65.9 Å². The lowest BCUT2D eigenvalue weighted by atomic mass is 10.1. The Morgan fingerprint density at radius 3 is 2.46 bits per heavy atom. The molecule has 0 aromatic heterocycles. The minimum atomic E-state index is -3.67. The zero-order valence-electron chi connectivity index (χ0n) is 21.5. The summed E-state index contributed by atoms with van der Waals surface area (Å²) in [5.74, 6) is -0.391. The molecule has 1 aliphatic carbocycles. The van der Waals surface area contributed by atoms with Crippen LogP contribution in [0.5, 0.6) is 0 Å². The van der Waals surface area contributed by atoms with Gasteiger partial charge in [0, 0.05) is 30.6 Å². The van der Waals surface area contributed by atoms with Crippen LogP contribution in [0.1, 0.15) is 56.6 Å². The molecule has 37 heavy (non-hydrogen) atoms. The standard InChI is InChI=1S/C27H35Cl2N3O4S/c1-19-8-6-9-21(16-19)18-31(20(2)27(34)30-23-10-4-5-11-23)26(33)12-7-15-32(37(3,35)36)25-17-22(28)13-14-24(25)29/h6,8-9,13-14,16-17,20,23H,4-5,7,10-12,15,18H2,1-3H3,(H,30,34). The van der Waals surface area contributed by atoms with Gasteiger partial charge < -0.3 is 10.2 Å². The van der Waals surface area contributed by atoms with Crippen molar-refractivity contribution in [2.45, 2.75) is 71.0 Å². The van der Waals surface area contributed by atoms with Crippen LogP contribution < -0.4 is 9.62 Å². The van der Waals surface area contributed by atoms with E-state index in [-0.39, 0.29) is 54.5 Å². The molecule has 1 unspecified atom stereocenters. The van der Waals surface area contributed by atoms with Crippen LogP contribution in [0.3, 0.4) is 0 Å². The smallest absolute Gasteiger partial charge is 0.242 e. The number of nitrogens with zero attached hydrogens (tertiary/aromatic N) is 2. The summed E-state index contributed by atoms with van der Waals surface area (Å²) in [5, 5.41) is 3.70. The second kappa shape index (κ2) is 13.0. The summed E-state index contributed by atoms with van der Waals surface area (Å²) in [7, 11) is -3.67.